The summed E-state index contributed by atoms with van der Waals surface area (Å²) in [6.45, 7) is 2.96. The molecule has 0 fully saturated rings. The second-order valence-electron chi connectivity index (χ2n) is 5.61. The summed E-state index contributed by atoms with van der Waals surface area (Å²) < 4.78 is 1.85. The van der Waals surface area contributed by atoms with Gasteiger partial charge in [0.25, 0.3) is 0 Å². The largest absolute Gasteiger partial charge is 0.508 e. The lowest BCUT2D eigenvalue weighted by molar-refractivity contribution is -0.139. The highest BCUT2D eigenvalue weighted by Crippen LogP contribution is 2.17. The number of nitrogens with one attached hydrogen (secondary N) is 1. The molecule has 134 valence electrons. The van der Waals surface area contributed by atoms with Crippen molar-refractivity contribution < 1.29 is 19.8 Å². The van der Waals surface area contributed by atoms with Crippen LogP contribution in [0.25, 0.3) is 0 Å². The molecule has 1 aromatic heterocycles. The first kappa shape index (κ1) is 18.2. The van der Waals surface area contributed by atoms with Crippen molar-refractivity contribution in [1.29, 1.82) is 0 Å². The highest BCUT2D eigenvalue weighted by Gasteiger charge is 2.24. The van der Waals surface area contributed by atoms with Crippen molar-refractivity contribution >= 4 is 12.0 Å². The van der Waals surface area contributed by atoms with Crippen LogP contribution < -0.4 is 5.32 Å². The van der Waals surface area contributed by atoms with Gasteiger partial charge in [0.15, 0.2) is 11.9 Å². The smallest absolute Gasteiger partial charge is 0.330 e. The number of aromatic hydroxyl groups is 1. The molecule has 9 heteroatoms. The number of amides is 2. The number of aryl methyl sites for hydroxylation is 1. The van der Waals surface area contributed by atoms with E-state index in [2.05, 4.69) is 15.5 Å². The number of nitrogens with zero attached hydrogens (tertiary/aromatic N) is 4. The van der Waals surface area contributed by atoms with Gasteiger partial charge in [-0.25, -0.2) is 9.59 Å². The molecule has 3 N–H and O–H groups in total. The molecule has 1 aromatic carbocycles. The number of carbonyl (C=O) groups excluding carboxylic acids is 1. The summed E-state index contributed by atoms with van der Waals surface area (Å²) in [6.07, 6.45) is 2.50. The zero-order valence-electron chi connectivity index (χ0n) is 14.1. The van der Waals surface area contributed by atoms with Crippen molar-refractivity contribution in [3.8, 4) is 5.75 Å². The van der Waals surface area contributed by atoms with E-state index in [0.717, 1.165) is 13.0 Å². The molecule has 0 bridgehead atoms. The average molecular weight is 347 g/mol. The average Bonchev–Trinajstić information content (AvgIpc) is 3.00. The van der Waals surface area contributed by atoms with Gasteiger partial charge in [-0.1, -0.05) is 19.1 Å². The minimum absolute atomic E-state index is 0.0200. The van der Waals surface area contributed by atoms with Gasteiger partial charge in [-0.15, -0.1) is 10.2 Å². The van der Waals surface area contributed by atoms with E-state index in [1.807, 2.05) is 11.5 Å². The van der Waals surface area contributed by atoms with E-state index in [4.69, 9.17) is 0 Å². The number of carboxylic acid groups (broad SMARTS) is 1. The van der Waals surface area contributed by atoms with Gasteiger partial charge in [0.2, 0.25) is 0 Å². The number of phenols is 1. The Kier molecular flexibility index (Phi) is 5.93. The van der Waals surface area contributed by atoms with Crippen molar-refractivity contribution in [2.75, 3.05) is 7.05 Å². The molecule has 1 atom stereocenters. The van der Waals surface area contributed by atoms with E-state index in [0.29, 0.717) is 11.4 Å². The third-order valence-electron chi connectivity index (χ3n) is 3.63. The number of carboxylic acids is 1. The van der Waals surface area contributed by atoms with Crippen LogP contribution in [0.1, 0.15) is 30.8 Å². The molecule has 0 saturated heterocycles. The Balaban J connectivity index is 2.06. The summed E-state index contributed by atoms with van der Waals surface area (Å²) in [5.41, 5.74) is 0.362. The fourth-order valence-electron chi connectivity index (χ4n) is 2.30. The lowest BCUT2D eigenvalue weighted by atomic mass is 10.1. The number of hydrogen-bond acceptors (Lipinski definition) is 5. The topological polar surface area (TPSA) is 121 Å². The number of hydrogen-bond donors (Lipinski definition) is 3. The summed E-state index contributed by atoms with van der Waals surface area (Å²) in [7, 11) is 1.55. The first-order chi connectivity index (χ1) is 11.9. The van der Waals surface area contributed by atoms with E-state index in [1.165, 1.54) is 29.2 Å². The zero-order chi connectivity index (χ0) is 18.4. The molecule has 2 rings (SSSR count). The number of aliphatic carboxylic acids is 1. The highest BCUT2D eigenvalue weighted by molar-refractivity contribution is 5.83. The lowest BCUT2D eigenvalue weighted by Gasteiger charge is -2.21. The van der Waals surface area contributed by atoms with Crippen LogP contribution in [0.2, 0.25) is 0 Å². The fraction of sp³-hybridized carbons (Fsp3) is 0.375. The fourth-order valence-corrected chi connectivity index (χ4v) is 2.30. The number of aromatic nitrogens is 3. The number of benzene rings is 1. The highest BCUT2D eigenvalue weighted by atomic mass is 16.4. The van der Waals surface area contributed by atoms with Crippen molar-refractivity contribution in [1.82, 2.24) is 25.0 Å². The van der Waals surface area contributed by atoms with Gasteiger partial charge in [-0.2, -0.15) is 0 Å². The molecule has 2 amide bonds. The van der Waals surface area contributed by atoms with Gasteiger partial charge in [-0.3, -0.25) is 0 Å². The molecule has 0 spiro atoms. The van der Waals surface area contributed by atoms with E-state index in [-0.39, 0.29) is 12.3 Å². The van der Waals surface area contributed by atoms with E-state index in [9.17, 15) is 19.8 Å². The lowest BCUT2D eigenvalue weighted by Crippen LogP contribution is -2.42. The third-order valence-corrected chi connectivity index (χ3v) is 3.63. The number of rotatable bonds is 7. The van der Waals surface area contributed by atoms with Gasteiger partial charge >= 0.3 is 12.0 Å². The Labute approximate surface area is 144 Å². The summed E-state index contributed by atoms with van der Waals surface area (Å²) >= 11 is 0. The maximum atomic E-state index is 12.3. The van der Waals surface area contributed by atoms with Gasteiger partial charge in [0.1, 0.15) is 12.1 Å². The minimum Gasteiger partial charge on any atom is -0.508 e. The normalized spacial score (nSPS) is 11.8. The van der Waals surface area contributed by atoms with Crippen molar-refractivity contribution in [2.24, 2.45) is 0 Å². The number of phenolic OH excluding ortho intramolecular Hbond substituents is 1. The second-order valence-corrected chi connectivity index (χ2v) is 5.61. The summed E-state index contributed by atoms with van der Waals surface area (Å²) in [4.78, 5) is 25.2. The van der Waals surface area contributed by atoms with Crippen LogP contribution in [0.3, 0.4) is 0 Å². The molecule has 9 nitrogen and oxygen atoms in total. The molecule has 25 heavy (non-hydrogen) atoms. The van der Waals surface area contributed by atoms with Gasteiger partial charge in [-0.05, 0) is 24.1 Å². The summed E-state index contributed by atoms with van der Waals surface area (Å²) in [5.74, 6) is -0.552. The molecule has 0 saturated carbocycles. The molecule has 2 aromatic rings. The van der Waals surface area contributed by atoms with E-state index >= 15 is 0 Å². The Morgan fingerprint density at radius 2 is 2.00 bits per heavy atom. The molecule has 0 aliphatic rings. The minimum atomic E-state index is -1.22. The van der Waals surface area contributed by atoms with Crippen LogP contribution >= 0.6 is 0 Å². The Bertz CT molecular complexity index is 728. The van der Waals surface area contributed by atoms with Gasteiger partial charge in [0.05, 0.1) is 6.54 Å². The molecule has 1 heterocycles. The second kappa shape index (κ2) is 8.13. The first-order valence-electron chi connectivity index (χ1n) is 7.82. The predicted molar refractivity (Wildman–Crippen MR) is 88.8 cm³/mol. The molecule has 0 unspecified atom stereocenters. The maximum Gasteiger partial charge on any atom is 0.330 e. The third kappa shape index (κ3) is 4.69. The van der Waals surface area contributed by atoms with Crippen LogP contribution in [0.15, 0.2) is 30.6 Å². The Morgan fingerprint density at radius 3 is 2.60 bits per heavy atom. The van der Waals surface area contributed by atoms with Crippen LogP contribution in [0.4, 0.5) is 4.79 Å². The zero-order valence-corrected chi connectivity index (χ0v) is 14.1. The number of carbonyl (C=O) groups is 2. The van der Waals surface area contributed by atoms with Crippen molar-refractivity contribution in [3.63, 3.8) is 0 Å². The van der Waals surface area contributed by atoms with Crippen LogP contribution in [0, 0.1) is 0 Å². The maximum absolute atomic E-state index is 12.3. The molecular formula is C16H21N5O4. The molecule has 0 aliphatic carbocycles. The van der Waals surface area contributed by atoms with Crippen LogP contribution in [0.5, 0.6) is 5.75 Å². The summed E-state index contributed by atoms with van der Waals surface area (Å²) in [5, 5.41) is 29.0. The van der Waals surface area contributed by atoms with Crippen molar-refractivity contribution in [3.05, 3.63) is 42.0 Å². The van der Waals surface area contributed by atoms with Crippen LogP contribution in [-0.4, -0.2) is 48.9 Å². The first-order valence-corrected chi connectivity index (χ1v) is 7.82. The summed E-state index contributed by atoms with van der Waals surface area (Å²) in [6, 6.07) is 3.87. The number of urea groups is 1. The molecular weight excluding hydrogens is 326 g/mol. The SMILES string of the molecule is CCCn1cnnc1CN(C)C(=O)N[C@@H](C(=O)O)c1ccc(O)cc1. The molecule has 0 aliphatic heterocycles. The van der Waals surface area contributed by atoms with Crippen molar-refractivity contribution in [2.45, 2.75) is 32.5 Å². The van der Waals surface area contributed by atoms with E-state index in [1.54, 1.807) is 13.4 Å². The standard InChI is InChI=1S/C16H21N5O4/c1-3-8-21-10-17-19-13(21)9-20(2)16(25)18-14(15(23)24)11-4-6-12(22)7-5-11/h4-7,10,14,22H,3,8-9H2,1-2H3,(H,18,25)(H,23,24)/t14-/m1/s1. The molecule has 0 radical (unpaired) electrons. The van der Waals surface area contributed by atoms with E-state index < -0.39 is 18.0 Å². The predicted octanol–water partition coefficient (Wildman–Crippen LogP) is 1.36. The van der Waals surface area contributed by atoms with Crippen LogP contribution in [-0.2, 0) is 17.9 Å². The quantitative estimate of drug-likeness (QED) is 0.695. The monoisotopic (exact) mass is 347 g/mol. The Morgan fingerprint density at radius 1 is 1.32 bits per heavy atom. The van der Waals surface area contributed by atoms with Gasteiger partial charge < -0.3 is 25.0 Å². The van der Waals surface area contributed by atoms with Gasteiger partial charge in [0, 0.05) is 13.6 Å². The Hall–Kier alpha value is -3.10.